The molecule has 2 rings (SSSR count). The lowest BCUT2D eigenvalue weighted by Gasteiger charge is -2.19. The number of carboxylic acid groups (broad SMARTS) is 1. The van der Waals surface area contributed by atoms with Crippen LogP contribution in [-0.4, -0.2) is 51.2 Å². The van der Waals surface area contributed by atoms with Crippen LogP contribution in [-0.2, 0) is 16.1 Å². The summed E-state index contributed by atoms with van der Waals surface area (Å²) in [5, 5.41) is 18.6. The molecule has 1 amide bonds. The molecule has 0 saturated heterocycles. The van der Waals surface area contributed by atoms with Crippen molar-refractivity contribution in [1.82, 2.24) is 20.3 Å². The Morgan fingerprint density at radius 2 is 2.37 bits per heavy atom. The van der Waals surface area contributed by atoms with E-state index in [1.54, 1.807) is 7.11 Å². The number of rotatable bonds is 5. The van der Waals surface area contributed by atoms with Crippen LogP contribution in [0.4, 0.5) is 0 Å². The second-order valence-electron chi connectivity index (χ2n) is 4.49. The summed E-state index contributed by atoms with van der Waals surface area (Å²) in [4.78, 5) is 22.4. The lowest BCUT2D eigenvalue weighted by Crippen LogP contribution is -2.42. The first-order chi connectivity index (χ1) is 9.10. The van der Waals surface area contributed by atoms with Gasteiger partial charge in [0.1, 0.15) is 6.54 Å². The van der Waals surface area contributed by atoms with Crippen molar-refractivity contribution < 1.29 is 19.4 Å². The van der Waals surface area contributed by atoms with Gasteiger partial charge in [-0.3, -0.25) is 4.79 Å². The van der Waals surface area contributed by atoms with Crippen molar-refractivity contribution in [2.24, 2.45) is 0 Å². The molecule has 2 unspecified atom stereocenters. The van der Waals surface area contributed by atoms with Crippen molar-refractivity contribution in [3.05, 3.63) is 11.9 Å². The molecule has 1 aliphatic rings. The smallest absolute Gasteiger partial charge is 0.358 e. The fourth-order valence-corrected chi connectivity index (χ4v) is 2.25. The van der Waals surface area contributed by atoms with Gasteiger partial charge in [0, 0.05) is 7.11 Å². The quantitative estimate of drug-likeness (QED) is 0.756. The number of methoxy groups -OCH3 is 1. The van der Waals surface area contributed by atoms with E-state index in [1.807, 2.05) is 0 Å². The molecule has 1 aliphatic carbocycles. The minimum Gasteiger partial charge on any atom is -0.476 e. The molecular formula is C11H16N4O4. The van der Waals surface area contributed by atoms with Gasteiger partial charge in [-0.25, -0.2) is 9.48 Å². The Kier molecular flexibility index (Phi) is 4.10. The molecule has 8 nitrogen and oxygen atoms in total. The van der Waals surface area contributed by atoms with E-state index >= 15 is 0 Å². The average Bonchev–Trinajstić information content (AvgIpc) is 2.97. The third-order valence-corrected chi connectivity index (χ3v) is 3.17. The first kappa shape index (κ1) is 13.5. The second-order valence-corrected chi connectivity index (χ2v) is 4.49. The van der Waals surface area contributed by atoms with Crippen molar-refractivity contribution in [1.29, 1.82) is 0 Å². The van der Waals surface area contributed by atoms with Crippen LogP contribution in [0, 0.1) is 0 Å². The van der Waals surface area contributed by atoms with E-state index in [4.69, 9.17) is 9.84 Å². The summed E-state index contributed by atoms with van der Waals surface area (Å²) < 4.78 is 6.49. The summed E-state index contributed by atoms with van der Waals surface area (Å²) in [6, 6.07) is 0.0139. The van der Waals surface area contributed by atoms with Crippen LogP contribution >= 0.6 is 0 Å². The summed E-state index contributed by atoms with van der Waals surface area (Å²) >= 11 is 0. The van der Waals surface area contributed by atoms with Crippen molar-refractivity contribution in [3.63, 3.8) is 0 Å². The van der Waals surface area contributed by atoms with E-state index in [1.165, 1.54) is 10.9 Å². The Morgan fingerprint density at radius 1 is 1.58 bits per heavy atom. The van der Waals surface area contributed by atoms with Gasteiger partial charge in [0.05, 0.1) is 18.3 Å². The average molecular weight is 268 g/mol. The van der Waals surface area contributed by atoms with Crippen LogP contribution < -0.4 is 5.32 Å². The fraction of sp³-hybridized carbons (Fsp3) is 0.636. The number of carbonyl (C=O) groups is 2. The van der Waals surface area contributed by atoms with Gasteiger partial charge >= 0.3 is 5.97 Å². The van der Waals surface area contributed by atoms with Crippen molar-refractivity contribution in [3.8, 4) is 0 Å². The lowest BCUT2D eigenvalue weighted by atomic mass is 10.2. The standard InChI is InChI=1S/C11H16N4O4/c1-19-9-4-2-3-7(9)12-10(16)6-15-5-8(11(17)18)13-14-15/h5,7,9H,2-4,6H2,1H3,(H,12,16)(H,17,18). The Hall–Kier alpha value is -1.96. The molecule has 104 valence electrons. The largest absolute Gasteiger partial charge is 0.476 e. The molecule has 1 heterocycles. The Labute approximate surface area is 109 Å². The van der Waals surface area contributed by atoms with Gasteiger partial charge in [-0.05, 0) is 19.3 Å². The molecule has 0 radical (unpaired) electrons. The molecule has 1 fully saturated rings. The second kappa shape index (κ2) is 5.79. The molecule has 0 aromatic carbocycles. The highest BCUT2D eigenvalue weighted by atomic mass is 16.5. The molecule has 8 heteroatoms. The summed E-state index contributed by atoms with van der Waals surface area (Å²) in [6.07, 6.45) is 4.13. The zero-order valence-corrected chi connectivity index (χ0v) is 10.6. The fourth-order valence-electron chi connectivity index (χ4n) is 2.25. The molecule has 0 spiro atoms. The van der Waals surface area contributed by atoms with E-state index in [0.717, 1.165) is 19.3 Å². The van der Waals surface area contributed by atoms with E-state index in [2.05, 4.69) is 15.6 Å². The van der Waals surface area contributed by atoms with E-state index in [-0.39, 0.29) is 30.3 Å². The van der Waals surface area contributed by atoms with Gasteiger partial charge in [-0.15, -0.1) is 5.10 Å². The molecule has 1 saturated carbocycles. The minimum absolute atomic E-state index is 0.0139. The van der Waals surface area contributed by atoms with Gasteiger partial charge < -0.3 is 15.2 Å². The van der Waals surface area contributed by atoms with Crippen LogP contribution in [0.15, 0.2) is 6.20 Å². The van der Waals surface area contributed by atoms with Gasteiger partial charge in [-0.2, -0.15) is 0 Å². The highest BCUT2D eigenvalue weighted by Crippen LogP contribution is 2.21. The van der Waals surface area contributed by atoms with E-state index in [9.17, 15) is 9.59 Å². The predicted octanol–water partition coefficient (Wildman–Crippen LogP) is -0.340. The van der Waals surface area contributed by atoms with E-state index < -0.39 is 5.97 Å². The number of aromatic nitrogens is 3. The van der Waals surface area contributed by atoms with Crippen LogP contribution in [0.1, 0.15) is 29.8 Å². The first-order valence-corrected chi connectivity index (χ1v) is 6.05. The minimum atomic E-state index is -1.16. The highest BCUT2D eigenvalue weighted by Gasteiger charge is 2.28. The third-order valence-electron chi connectivity index (χ3n) is 3.17. The number of hydrogen-bond donors (Lipinski definition) is 2. The number of nitrogens with zero attached hydrogens (tertiary/aromatic N) is 3. The zero-order valence-electron chi connectivity index (χ0n) is 10.6. The summed E-state index contributed by atoms with van der Waals surface area (Å²) in [6.45, 7) is -0.0484. The maximum atomic E-state index is 11.8. The van der Waals surface area contributed by atoms with Crippen molar-refractivity contribution in [2.45, 2.75) is 38.0 Å². The maximum Gasteiger partial charge on any atom is 0.358 e. The van der Waals surface area contributed by atoms with Crippen molar-refractivity contribution in [2.75, 3.05) is 7.11 Å². The number of aromatic carboxylic acids is 1. The molecule has 0 aliphatic heterocycles. The summed E-state index contributed by atoms with van der Waals surface area (Å²) in [7, 11) is 1.63. The van der Waals surface area contributed by atoms with E-state index in [0.29, 0.717) is 0 Å². The third kappa shape index (κ3) is 3.28. The number of amides is 1. The SMILES string of the molecule is COC1CCCC1NC(=O)Cn1cc(C(=O)O)nn1. The van der Waals surface area contributed by atoms with Crippen LogP contribution in [0.3, 0.4) is 0 Å². The lowest BCUT2D eigenvalue weighted by molar-refractivity contribution is -0.123. The maximum absolute atomic E-state index is 11.8. The Morgan fingerprint density at radius 3 is 3.00 bits per heavy atom. The molecule has 19 heavy (non-hydrogen) atoms. The molecule has 1 aromatic heterocycles. The van der Waals surface area contributed by atoms with Gasteiger partial charge in [-0.1, -0.05) is 5.21 Å². The molecule has 2 atom stereocenters. The Bertz CT molecular complexity index is 473. The molecular weight excluding hydrogens is 252 g/mol. The predicted molar refractivity (Wildman–Crippen MR) is 63.6 cm³/mol. The molecule has 2 N–H and O–H groups in total. The van der Waals surface area contributed by atoms with Crippen LogP contribution in [0.2, 0.25) is 0 Å². The van der Waals surface area contributed by atoms with Gasteiger partial charge in [0.15, 0.2) is 5.69 Å². The number of nitrogens with one attached hydrogen (secondary N) is 1. The normalized spacial score (nSPS) is 22.4. The van der Waals surface area contributed by atoms with Crippen LogP contribution in [0.25, 0.3) is 0 Å². The Balaban J connectivity index is 1.88. The van der Waals surface area contributed by atoms with Gasteiger partial charge in [0.25, 0.3) is 0 Å². The number of hydrogen-bond acceptors (Lipinski definition) is 5. The summed E-state index contributed by atoms with van der Waals surface area (Å²) in [5.41, 5.74) is -0.177. The van der Waals surface area contributed by atoms with Crippen molar-refractivity contribution >= 4 is 11.9 Å². The van der Waals surface area contributed by atoms with Crippen LogP contribution in [0.5, 0.6) is 0 Å². The first-order valence-electron chi connectivity index (χ1n) is 6.05. The summed E-state index contributed by atoms with van der Waals surface area (Å²) in [5.74, 6) is -1.39. The highest BCUT2D eigenvalue weighted by molar-refractivity contribution is 5.84. The number of carboxylic acids is 1. The molecule has 1 aromatic rings. The molecule has 0 bridgehead atoms. The number of carbonyl (C=O) groups excluding carboxylic acids is 1. The monoisotopic (exact) mass is 268 g/mol. The number of ether oxygens (including phenoxy) is 1. The van der Waals surface area contributed by atoms with Gasteiger partial charge in [0.2, 0.25) is 5.91 Å². The topological polar surface area (TPSA) is 106 Å². The zero-order chi connectivity index (χ0) is 13.8.